The number of hydrogen-bond donors (Lipinski definition) is 2. The van der Waals surface area contributed by atoms with Gasteiger partial charge in [-0.3, -0.25) is 14.4 Å². The first-order valence-electron chi connectivity index (χ1n) is 15.1. The van der Waals surface area contributed by atoms with Crippen LogP contribution in [0, 0.1) is 25.5 Å². The lowest BCUT2D eigenvalue weighted by atomic mass is 10.1. The van der Waals surface area contributed by atoms with Gasteiger partial charge in [-0.15, -0.1) is 0 Å². The van der Waals surface area contributed by atoms with Crippen molar-refractivity contribution in [3.05, 3.63) is 70.8 Å². The van der Waals surface area contributed by atoms with Gasteiger partial charge in [0, 0.05) is 44.8 Å². The van der Waals surface area contributed by atoms with Gasteiger partial charge in [0.05, 0.1) is 0 Å². The highest BCUT2D eigenvalue weighted by Gasteiger charge is 2.34. The van der Waals surface area contributed by atoms with E-state index in [4.69, 9.17) is 0 Å². The number of piperazine rings is 1. The molecule has 1 fully saturated rings. The summed E-state index contributed by atoms with van der Waals surface area (Å²) in [5, 5.41) is 5.97. The molecular formula is C33H50F2N4O3. The van der Waals surface area contributed by atoms with Gasteiger partial charge in [0.15, 0.2) is 0 Å². The first-order valence-corrected chi connectivity index (χ1v) is 15.1. The van der Waals surface area contributed by atoms with Crippen molar-refractivity contribution in [2.75, 3.05) is 32.7 Å². The Bertz CT molecular complexity index is 1030. The zero-order valence-corrected chi connectivity index (χ0v) is 26.1. The summed E-state index contributed by atoms with van der Waals surface area (Å²) in [6.45, 7) is 14.7. The van der Waals surface area contributed by atoms with E-state index in [1.807, 2.05) is 6.92 Å². The van der Waals surface area contributed by atoms with Crippen LogP contribution in [0.2, 0.25) is 0 Å². The van der Waals surface area contributed by atoms with Crippen molar-refractivity contribution in [3.8, 4) is 0 Å². The number of carbonyl (C=O) groups excluding carboxylic acids is 3. The molecule has 3 amide bonds. The van der Waals surface area contributed by atoms with Crippen LogP contribution in [-0.2, 0) is 20.9 Å². The van der Waals surface area contributed by atoms with Gasteiger partial charge in [0.25, 0.3) is 0 Å². The summed E-state index contributed by atoms with van der Waals surface area (Å²) in [6, 6.07) is 12.1. The highest BCUT2D eigenvalue weighted by atomic mass is 19.1. The van der Waals surface area contributed by atoms with Gasteiger partial charge >= 0.3 is 11.8 Å². The number of halogens is 2. The Hall–Kier alpha value is -3.33. The molecule has 0 bridgehead atoms. The zero-order valence-electron chi connectivity index (χ0n) is 26.1. The van der Waals surface area contributed by atoms with E-state index >= 15 is 0 Å². The molecule has 1 heterocycles. The molecular weight excluding hydrogens is 538 g/mol. The average Bonchev–Trinajstić information content (AvgIpc) is 2.94. The summed E-state index contributed by atoms with van der Waals surface area (Å²) in [7, 11) is 0. The van der Waals surface area contributed by atoms with Crippen LogP contribution in [0.15, 0.2) is 42.5 Å². The third-order valence-electron chi connectivity index (χ3n) is 6.81. The molecule has 234 valence electrons. The number of unbranched alkanes of at least 4 members (excludes halogenated alkanes) is 2. The van der Waals surface area contributed by atoms with Crippen LogP contribution in [0.4, 0.5) is 8.78 Å². The van der Waals surface area contributed by atoms with Crippen LogP contribution in [-0.4, -0.2) is 66.8 Å². The molecule has 2 aromatic rings. The SMILES string of the molecule is CCCCC(C)N1CCN(CCCC)C(=O)C1=O.Cc1cc(F)cc(F)c1.Cc1cccc(CNCCCNC=O)c1. The van der Waals surface area contributed by atoms with Gasteiger partial charge in [-0.1, -0.05) is 62.9 Å². The lowest BCUT2D eigenvalue weighted by Crippen LogP contribution is -2.56. The summed E-state index contributed by atoms with van der Waals surface area (Å²) in [5.41, 5.74) is 3.20. The van der Waals surface area contributed by atoms with Gasteiger partial charge < -0.3 is 20.4 Å². The molecule has 1 aliphatic rings. The first-order chi connectivity index (χ1) is 20.1. The maximum Gasteiger partial charge on any atom is 0.312 e. The predicted octanol–water partition coefficient (Wildman–Crippen LogP) is 5.53. The van der Waals surface area contributed by atoms with Gasteiger partial charge in [0.2, 0.25) is 6.41 Å². The lowest BCUT2D eigenvalue weighted by molar-refractivity contribution is -0.157. The number of benzene rings is 2. The molecule has 1 saturated heterocycles. The van der Waals surface area contributed by atoms with E-state index < -0.39 is 11.6 Å². The lowest BCUT2D eigenvalue weighted by Gasteiger charge is -2.37. The number of aryl methyl sites for hydroxylation is 2. The molecule has 3 rings (SSSR count). The molecule has 0 saturated carbocycles. The van der Waals surface area contributed by atoms with Crippen molar-refractivity contribution < 1.29 is 23.2 Å². The summed E-state index contributed by atoms with van der Waals surface area (Å²) < 4.78 is 24.4. The number of hydrogen-bond acceptors (Lipinski definition) is 4. The number of amides is 3. The van der Waals surface area contributed by atoms with Crippen LogP contribution < -0.4 is 10.6 Å². The quantitative estimate of drug-likeness (QED) is 0.173. The second kappa shape index (κ2) is 21.4. The minimum atomic E-state index is -0.521. The second-order valence-electron chi connectivity index (χ2n) is 10.7. The topological polar surface area (TPSA) is 81.8 Å². The van der Waals surface area contributed by atoms with Gasteiger partial charge in [-0.05, 0) is 69.8 Å². The van der Waals surface area contributed by atoms with Crippen LogP contribution in [0.25, 0.3) is 0 Å². The molecule has 1 atom stereocenters. The molecule has 1 unspecified atom stereocenters. The van der Waals surface area contributed by atoms with E-state index in [0.717, 1.165) is 77.2 Å². The molecule has 42 heavy (non-hydrogen) atoms. The van der Waals surface area contributed by atoms with E-state index in [1.54, 1.807) is 16.7 Å². The number of nitrogens with zero attached hydrogens (tertiary/aromatic N) is 2. The van der Waals surface area contributed by atoms with E-state index in [-0.39, 0.29) is 17.9 Å². The third kappa shape index (κ3) is 15.1. The largest absolute Gasteiger partial charge is 0.359 e. The Labute approximate surface area is 251 Å². The van der Waals surface area contributed by atoms with Crippen molar-refractivity contribution in [3.63, 3.8) is 0 Å². The van der Waals surface area contributed by atoms with E-state index in [2.05, 4.69) is 55.7 Å². The fourth-order valence-corrected chi connectivity index (χ4v) is 4.45. The minimum absolute atomic E-state index is 0.190. The van der Waals surface area contributed by atoms with Crippen LogP contribution in [0.5, 0.6) is 0 Å². The van der Waals surface area contributed by atoms with E-state index in [1.165, 1.54) is 23.3 Å². The number of rotatable bonds is 14. The second-order valence-corrected chi connectivity index (χ2v) is 10.7. The maximum absolute atomic E-state index is 12.2. The molecule has 7 nitrogen and oxygen atoms in total. The Balaban J connectivity index is 0.000000331. The van der Waals surface area contributed by atoms with Gasteiger partial charge in [-0.2, -0.15) is 0 Å². The Kier molecular flexibility index (Phi) is 18.7. The van der Waals surface area contributed by atoms with Crippen molar-refractivity contribution in [1.82, 2.24) is 20.4 Å². The van der Waals surface area contributed by atoms with Crippen LogP contribution in [0.3, 0.4) is 0 Å². The minimum Gasteiger partial charge on any atom is -0.359 e. The summed E-state index contributed by atoms with van der Waals surface area (Å²) in [4.78, 5) is 37.4. The van der Waals surface area contributed by atoms with Crippen molar-refractivity contribution in [2.24, 2.45) is 0 Å². The molecule has 2 N–H and O–H groups in total. The predicted molar refractivity (Wildman–Crippen MR) is 165 cm³/mol. The van der Waals surface area contributed by atoms with Crippen molar-refractivity contribution >= 4 is 18.2 Å². The highest BCUT2D eigenvalue weighted by molar-refractivity contribution is 6.35. The average molecular weight is 589 g/mol. The Morgan fingerprint density at radius 1 is 0.881 bits per heavy atom. The van der Waals surface area contributed by atoms with Crippen LogP contribution in [0.1, 0.15) is 76.0 Å². The maximum atomic E-state index is 12.2. The Morgan fingerprint density at radius 2 is 1.57 bits per heavy atom. The fraction of sp³-hybridized carbons (Fsp3) is 0.545. The third-order valence-corrected chi connectivity index (χ3v) is 6.81. The standard InChI is InChI=1S/C14H26N2O2.C12H18N2O.C7H6F2/c1-4-6-8-12(3)16-11-10-15(9-7-5-2)13(17)14(16)18;1-11-4-2-5-12(8-11)9-13-6-3-7-14-10-15;1-5-2-6(8)4-7(9)3-5/h12H,4-11H2,1-3H3;2,4-5,8,10,13H,3,6-7,9H2,1H3,(H,14,15);2-4H,1H3. The zero-order chi connectivity index (χ0) is 31.3. The summed E-state index contributed by atoms with van der Waals surface area (Å²) >= 11 is 0. The molecule has 0 spiro atoms. The van der Waals surface area contributed by atoms with Gasteiger partial charge in [0.1, 0.15) is 11.6 Å². The normalized spacial score (nSPS) is 13.5. The molecule has 0 aliphatic carbocycles. The van der Waals surface area contributed by atoms with Gasteiger partial charge in [-0.25, -0.2) is 8.78 Å². The monoisotopic (exact) mass is 588 g/mol. The smallest absolute Gasteiger partial charge is 0.312 e. The highest BCUT2D eigenvalue weighted by Crippen LogP contribution is 2.14. The molecule has 1 aliphatic heterocycles. The van der Waals surface area contributed by atoms with Crippen LogP contribution >= 0.6 is 0 Å². The Morgan fingerprint density at radius 3 is 2.17 bits per heavy atom. The fourth-order valence-electron chi connectivity index (χ4n) is 4.45. The summed E-state index contributed by atoms with van der Waals surface area (Å²) in [5.74, 6) is -1.65. The van der Waals surface area contributed by atoms with E-state index in [0.29, 0.717) is 18.7 Å². The summed E-state index contributed by atoms with van der Waals surface area (Å²) in [6.07, 6.45) is 6.95. The van der Waals surface area contributed by atoms with Crippen molar-refractivity contribution in [2.45, 2.75) is 85.7 Å². The molecule has 0 aromatic heterocycles. The van der Waals surface area contributed by atoms with E-state index in [9.17, 15) is 23.2 Å². The first kappa shape index (κ1) is 36.7. The molecule has 2 aromatic carbocycles. The number of carbonyl (C=O) groups is 3. The molecule has 0 radical (unpaired) electrons. The molecule has 9 heteroatoms. The number of nitrogens with one attached hydrogen (secondary N) is 2. The van der Waals surface area contributed by atoms with Crippen molar-refractivity contribution in [1.29, 1.82) is 0 Å².